The van der Waals surface area contributed by atoms with Crippen LogP contribution < -0.4 is 10.6 Å². The number of fused-ring (bicyclic) bond motifs is 1. The maximum atomic E-state index is 4.83. The van der Waals surface area contributed by atoms with Crippen LogP contribution in [0.2, 0.25) is 0 Å². The van der Waals surface area contributed by atoms with Crippen LogP contribution in [-0.2, 0) is 0 Å². The summed E-state index contributed by atoms with van der Waals surface area (Å²) in [6.45, 7) is 6.42. The summed E-state index contributed by atoms with van der Waals surface area (Å²) in [7, 11) is 0. The Kier molecular flexibility index (Phi) is 3.50. The van der Waals surface area contributed by atoms with E-state index in [0.29, 0.717) is 11.5 Å². The predicted octanol–water partition coefficient (Wildman–Crippen LogP) is 2.96. The van der Waals surface area contributed by atoms with E-state index in [-0.39, 0.29) is 0 Å². The maximum absolute atomic E-state index is 4.83. The van der Waals surface area contributed by atoms with Crippen molar-refractivity contribution in [3.8, 4) is 11.4 Å². The quantitative estimate of drug-likeness (QED) is 0.762. The van der Waals surface area contributed by atoms with Crippen LogP contribution >= 0.6 is 0 Å². The number of nitrogens with zero attached hydrogens (tertiary/aromatic N) is 4. The summed E-state index contributed by atoms with van der Waals surface area (Å²) < 4.78 is 1.89. The molecule has 3 aromatic rings. The molecular weight excluding hydrogens is 324 g/mol. The molecule has 1 spiro atoms. The Hall–Kier alpha value is -2.47. The molecule has 6 heteroatoms. The highest BCUT2D eigenvalue weighted by Crippen LogP contribution is 2.46. The fourth-order valence-corrected chi connectivity index (χ4v) is 4.36. The van der Waals surface area contributed by atoms with Crippen molar-refractivity contribution in [2.75, 3.05) is 18.4 Å². The number of nitrogens with one attached hydrogen (secondary N) is 2. The van der Waals surface area contributed by atoms with Gasteiger partial charge in [-0.05, 0) is 68.8 Å². The van der Waals surface area contributed by atoms with Gasteiger partial charge in [0.1, 0.15) is 11.5 Å². The molecule has 0 amide bonds. The fraction of sp³-hybridized carbons (Fsp3) is 0.450. The van der Waals surface area contributed by atoms with Crippen molar-refractivity contribution in [3.05, 3.63) is 41.7 Å². The van der Waals surface area contributed by atoms with Crippen LogP contribution in [0.5, 0.6) is 0 Å². The topological polar surface area (TPSA) is 67.1 Å². The van der Waals surface area contributed by atoms with E-state index in [1.54, 1.807) is 0 Å². The lowest BCUT2D eigenvalue weighted by molar-refractivity contribution is 0.141. The predicted molar refractivity (Wildman–Crippen MR) is 102 cm³/mol. The monoisotopic (exact) mass is 348 g/mol. The molecule has 0 bridgehead atoms. The summed E-state index contributed by atoms with van der Waals surface area (Å²) in [6.07, 6.45) is 5.64. The number of anilines is 1. The first-order valence-corrected chi connectivity index (χ1v) is 9.39. The molecular formula is C20H24N6. The van der Waals surface area contributed by atoms with Crippen LogP contribution in [-0.4, -0.2) is 38.7 Å². The van der Waals surface area contributed by atoms with Crippen molar-refractivity contribution in [1.29, 1.82) is 0 Å². The Labute approximate surface area is 153 Å². The molecule has 0 radical (unpaired) electrons. The van der Waals surface area contributed by atoms with Gasteiger partial charge in [0.15, 0.2) is 5.65 Å². The van der Waals surface area contributed by atoms with Crippen LogP contribution in [0.15, 0.2) is 30.5 Å². The molecule has 0 aromatic carbocycles. The first-order valence-electron chi connectivity index (χ1n) is 9.39. The largest absolute Gasteiger partial charge is 0.367 e. The number of aromatic nitrogens is 4. The molecule has 6 nitrogen and oxygen atoms in total. The van der Waals surface area contributed by atoms with E-state index in [1.165, 1.54) is 32.4 Å². The van der Waals surface area contributed by atoms with E-state index in [9.17, 15) is 0 Å². The zero-order chi connectivity index (χ0) is 17.7. The van der Waals surface area contributed by atoms with E-state index in [2.05, 4.69) is 39.8 Å². The molecule has 3 aromatic heterocycles. The molecule has 2 aliphatic rings. The fourth-order valence-electron chi connectivity index (χ4n) is 4.36. The molecule has 0 unspecified atom stereocenters. The second-order valence-electron chi connectivity index (χ2n) is 7.91. The SMILES string of the molecule is Cc1cc2ncc(-c3cccc(NC4CC5(CCNC5)C4)n3)n2nc1C. The minimum Gasteiger partial charge on any atom is -0.367 e. The summed E-state index contributed by atoms with van der Waals surface area (Å²) in [6, 6.07) is 8.72. The van der Waals surface area contributed by atoms with Crippen LogP contribution in [0.25, 0.3) is 17.0 Å². The highest BCUT2D eigenvalue weighted by Gasteiger charge is 2.45. The third-order valence-electron chi connectivity index (χ3n) is 5.99. The van der Waals surface area contributed by atoms with E-state index in [0.717, 1.165) is 34.1 Å². The van der Waals surface area contributed by atoms with Gasteiger partial charge in [-0.15, -0.1) is 0 Å². The van der Waals surface area contributed by atoms with E-state index in [4.69, 9.17) is 4.98 Å². The van der Waals surface area contributed by atoms with Gasteiger partial charge in [0.2, 0.25) is 0 Å². The van der Waals surface area contributed by atoms with Gasteiger partial charge in [0, 0.05) is 12.6 Å². The molecule has 0 atom stereocenters. The molecule has 1 saturated carbocycles. The second-order valence-corrected chi connectivity index (χ2v) is 7.91. The lowest BCUT2D eigenvalue weighted by atomic mass is 9.65. The average Bonchev–Trinajstić information content (AvgIpc) is 3.23. The third kappa shape index (κ3) is 2.56. The Bertz CT molecular complexity index is 962. The summed E-state index contributed by atoms with van der Waals surface area (Å²) in [5.74, 6) is 0.937. The minimum absolute atomic E-state index is 0.530. The third-order valence-corrected chi connectivity index (χ3v) is 5.99. The second kappa shape index (κ2) is 5.77. The number of aryl methyl sites for hydroxylation is 2. The van der Waals surface area contributed by atoms with Gasteiger partial charge < -0.3 is 10.6 Å². The van der Waals surface area contributed by atoms with Crippen molar-refractivity contribution >= 4 is 11.5 Å². The van der Waals surface area contributed by atoms with Crippen molar-refractivity contribution in [2.45, 2.75) is 39.2 Å². The van der Waals surface area contributed by atoms with Gasteiger partial charge in [0.25, 0.3) is 0 Å². The van der Waals surface area contributed by atoms with Gasteiger partial charge in [-0.1, -0.05) is 6.07 Å². The number of imidazole rings is 1. The minimum atomic E-state index is 0.530. The zero-order valence-electron chi connectivity index (χ0n) is 15.3. The van der Waals surface area contributed by atoms with E-state index in [1.807, 2.05) is 29.8 Å². The Morgan fingerprint density at radius 1 is 1.27 bits per heavy atom. The van der Waals surface area contributed by atoms with Crippen LogP contribution in [0.3, 0.4) is 0 Å². The molecule has 26 heavy (non-hydrogen) atoms. The Balaban J connectivity index is 1.39. The van der Waals surface area contributed by atoms with Gasteiger partial charge in [-0.3, -0.25) is 0 Å². The van der Waals surface area contributed by atoms with Gasteiger partial charge in [-0.2, -0.15) is 5.10 Å². The highest BCUT2D eigenvalue weighted by molar-refractivity contribution is 5.61. The first-order chi connectivity index (χ1) is 12.6. The highest BCUT2D eigenvalue weighted by atomic mass is 15.3. The standard InChI is InChI=1S/C20H24N6/c1-13-8-19-22-11-17(26(19)25-14(13)2)16-4-3-5-18(24-16)23-15-9-20(10-15)6-7-21-12-20/h3-5,8,11,15,21H,6-7,9-10,12H2,1-2H3,(H,23,24). The molecule has 134 valence electrons. The number of rotatable bonds is 3. The molecule has 1 aliphatic carbocycles. The summed E-state index contributed by atoms with van der Waals surface area (Å²) >= 11 is 0. The van der Waals surface area contributed by atoms with E-state index < -0.39 is 0 Å². The van der Waals surface area contributed by atoms with Crippen LogP contribution in [0, 0.1) is 19.3 Å². The van der Waals surface area contributed by atoms with Gasteiger partial charge >= 0.3 is 0 Å². The van der Waals surface area contributed by atoms with Crippen molar-refractivity contribution < 1.29 is 0 Å². The van der Waals surface area contributed by atoms with Crippen molar-refractivity contribution in [1.82, 2.24) is 24.9 Å². The number of hydrogen-bond acceptors (Lipinski definition) is 5. The lowest BCUT2D eigenvalue weighted by Crippen LogP contribution is -2.46. The Morgan fingerprint density at radius 2 is 2.15 bits per heavy atom. The van der Waals surface area contributed by atoms with Gasteiger partial charge in [-0.25, -0.2) is 14.5 Å². The summed E-state index contributed by atoms with van der Waals surface area (Å²) in [5, 5.41) is 11.8. The average molecular weight is 348 g/mol. The van der Waals surface area contributed by atoms with Crippen molar-refractivity contribution in [3.63, 3.8) is 0 Å². The maximum Gasteiger partial charge on any atom is 0.154 e. The van der Waals surface area contributed by atoms with E-state index >= 15 is 0 Å². The zero-order valence-corrected chi connectivity index (χ0v) is 15.3. The Morgan fingerprint density at radius 3 is 2.96 bits per heavy atom. The van der Waals surface area contributed by atoms with Gasteiger partial charge in [0.05, 0.1) is 17.6 Å². The molecule has 2 N–H and O–H groups in total. The summed E-state index contributed by atoms with van der Waals surface area (Å²) in [5.41, 5.74) is 5.38. The van der Waals surface area contributed by atoms with Crippen LogP contribution in [0.1, 0.15) is 30.5 Å². The number of hydrogen-bond donors (Lipinski definition) is 2. The normalized spacial score (nSPS) is 24.9. The molecule has 1 saturated heterocycles. The molecule has 2 fully saturated rings. The van der Waals surface area contributed by atoms with Crippen molar-refractivity contribution in [2.24, 2.45) is 5.41 Å². The smallest absolute Gasteiger partial charge is 0.154 e. The molecule has 4 heterocycles. The number of pyridine rings is 1. The van der Waals surface area contributed by atoms with Crippen LogP contribution in [0.4, 0.5) is 5.82 Å². The lowest BCUT2D eigenvalue weighted by Gasteiger charge is -2.45. The first kappa shape index (κ1) is 15.8. The molecule has 5 rings (SSSR count). The molecule has 1 aliphatic heterocycles. The summed E-state index contributed by atoms with van der Waals surface area (Å²) in [4.78, 5) is 9.32.